The molecule has 1 unspecified atom stereocenters. The second-order valence-corrected chi connectivity index (χ2v) is 9.53. The predicted molar refractivity (Wildman–Crippen MR) is 90.9 cm³/mol. The van der Waals surface area contributed by atoms with Crippen molar-refractivity contribution in [1.29, 1.82) is 0 Å². The Bertz CT molecular complexity index is 448. The number of carbonyl (C=O) groups is 2. The highest BCUT2D eigenvalue weighted by Gasteiger charge is 2.24. The van der Waals surface area contributed by atoms with Crippen molar-refractivity contribution < 1.29 is 23.6 Å². The second kappa shape index (κ2) is 9.07. The van der Waals surface area contributed by atoms with Gasteiger partial charge in [0, 0.05) is 25.7 Å². The van der Waals surface area contributed by atoms with Crippen LogP contribution < -0.4 is 5.50 Å². The van der Waals surface area contributed by atoms with Crippen LogP contribution in [0.2, 0.25) is 0 Å². The van der Waals surface area contributed by atoms with Crippen molar-refractivity contribution in [3.05, 3.63) is 0 Å². The molecule has 0 aliphatic carbocycles. The molecular formula is C16H32NO5P. The van der Waals surface area contributed by atoms with Gasteiger partial charge in [0.15, 0.2) is 0 Å². The van der Waals surface area contributed by atoms with Gasteiger partial charge in [0.25, 0.3) is 0 Å². The van der Waals surface area contributed by atoms with Gasteiger partial charge in [-0.3, -0.25) is 14.1 Å². The van der Waals surface area contributed by atoms with Crippen LogP contribution in [0.25, 0.3) is 0 Å². The molecule has 0 fully saturated rings. The number of hydrogen-bond donors (Lipinski definition) is 2. The third-order valence-corrected chi connectivity index (χ3v) is 4.06. The van der Waals surface area contributed by atoms with Crippen molar-refractivity contribution >= 4 is 19.3 Å². The Morgan fingerprint density at radius 3 is 1.78 bits per heavy atom. The van der Waals surface area contributed by atoms with E-state index < -0.39 is 13.2 Å². The van der Waals surface area contributed by atoms with Crippen molar-refractivity contribution in [2.24, 2.45) is 16.3 Å². The first-order valence-corrected chi connectivity index (χ1v) is 9.64. The molecule has 0 spiro atoms. The number of rotatable bonds is 11. The van der Waals surface area contributed by atoms with Crippen molar-refractivity contribution in [2.45, 2.75) is 73.1 Å². The lowest BCUT2D eigenvalue weighted by Gasteiger charge is -2.24. The van der Waals surface area contributed by atoms with Gasteiger partial charge in [-0.05, 0) is 23.7 Å². The Hall–Kier alpha value is -0.550. The molecular weight excluding hydrogens is 317 g/mol. The summed E-state index contributed by atoms with van der Waals surface area (Å²) in [6.45, 7) is 9.94. The van der Waals surface area contributed by atoms with Crippen LogP contribution in [0, 0.1) is 10.8 Å². The van der Waals surface area contributed by atoms with Crippen molar-refractivity contribution in [3.8, 4) is 0 Å². The normalized spacial score (nSPS) is 15.3. The Morgan fingerprint density at radius 1 is 0.957 bits per heavy atom. The summed E-state index contributed by atoms with van der Waals surface area (Å²) in [4.78, 5) is 32.6. The van der Waals surface area contributed by atoms with Crippen molar-refractivity contribution in [2.75, 3.05) is 6.61 Å². The zero-order chi connectivity index (χ0) is 18.3. The molecule has 7 heteroatoms. The quantitative estimate of drug-likeness (QED) is 0.552. The molecule has 6 nitrogen and oxygen atoms in total. The molecule has 0 rings (SSSR count). The standard InChI is InChI=1S/C16H32NO5P/c1-15(2,3)10-8-13(18)6-7-14(19)9-11-16(4,5)12-22-23(17,20)21/h6-12H2,1-5H3,(H3,17,20,21). The van der Waals surface area contributed by atoms with Gasteiger partial charge in [-0.25, -0.2) is 10.1 Å². The highest BCUT2D eigenvalue weighted by Crippen LogP contribution is 2.35. The molecule has 0 amide bonds. The lowest BCUT2D eigenvalue weighted by Crippen LogP contribution is -2.21. The Balaban J connectivity index is 4.02. The largest absolute Gasteiger partial charge is 0.400 e. The number of Topliss-reactive ketones (excluding diaryl/α,β-unsaturated/α-hetero) is 2. The fraction of sp³-hybridized carbons (Fsp3) is 0.875. The SMILES string of the molecule is CC(C)(C)CCC(=O)CCC(=O)CCC(C)(C)COP(N)(=O)O. The van der Waals surface area contributed by atoms with Crippen LogP contribution in [0.15, 0.2) is 0 Å². The van der Waals surface area contributed by atoms with E-state index in [0.717, 1.165) is 6.42 Å². The summed E-state index contributed by atoms with van der Waals surface area (Å²) in [7, 11) is -3.99. The average molecular weight is 349 g/mol. The third kappa shape index (κ3) is 14.8. The highest BCUT2D eigenvalue weighted by molar-refractivity contribution is 7.50. The summed E-state index contributed by atoms with van der Waals surface area (Å²) < 4.78 is 15.6. The monoisotopic (exact) mass is 349 g/mol. The summed E-state index contributed by atoms with van der Waals surface area (Å²) >= 11 is 0. The molecule has 0 aromatic rings. The van der Waals surface area contributed by atoms with E-state index in [2.05, 4.69) is 20.8 Å². The maximum atomic E-state index is 11.9. The fourth-order valence-electron chi connectivity index (χ4n) is 1.86. The molecule has 136 valence electrons. The molecule has 23 heavy (non-hydrogen) atoms. The molecule has 1 atom stereocenters. The van der Waals surface area contributed by atoms with E-state index in [1.165, 1.54) is 0 Å². The molecule has 0 saturated carbocycles. The van der Waals surface area contributed by atoms with Crippen molar-refractivity contribution in [1.82, 2.24) is 0 Å². The van der Waals surface area contributed by atoms with Crippen molar-refractivity contribution in [3.63, 3.8) is 0 Å². The maximum Gasteiger partial charge on any atom is 0.400 e. The minimum atomic E-state index is -3.99. The summed E-state index contributed by atoms with van der Waals surface area (Å²) in [6, 6.07) is 0. The van der Waals surface area contributed by atoms with Crippen LogP contribution in [-0.2, 0) is 18.7 Å². The Morgan fingerprint density at radius 2 is 1.39 bits per heavy atom. The van der Waals surface area contributed by atoms with Gasteiger partial charge >= 0.3 is 7.75 Å². The van der Waals surface area contributed by atoms with Crippen LogP contribution in [0.5, 0.6) is 0 Å². The fourth-order valence-corrected chi connectivity index (χ4v) is 2.39. The van der Waals surface area contributed by atoms with E-state index in [1.54, 1.807) is 0 Å². The summed E-state index contributed by atoms with van der Waals surface area (Å²) in [5.41, 5.74) is 4.62. The molecule has 0 heterocycles. The molecule has 0 aliphatic heterocycles. The molecule has 0 saturated heterocycles. The summed E-state index contributed by atoms with van der Waals surface area (Å²) in [6.07, 6.45) is 2.73. The van der Waals surface area contributed by atoms with Crippen LogP contribution in [-0.4, -0.2) is 23.1 Å². The molecule has 0 aromatic carbocycles. The first kappa shape index (κ1) is 22.4. The number of carbonyl (C=O) groups excluding carboxylic acids is 2. The smallest absolute Gasteiger partial charge is 0.313 e. The lowest BCUT2D eigenvalue weighted by molar-refractivity contribution is -0.124. The average Bonchev–Trinajstić information content (AvgIpc) is 2.37. The zero-order valence-electron chi connectivity index (χ0n) is 15.1. The van der Waals surface area contributed by atoms with E-state index in [1.807, 2.05) is 13.8 Å². The van der Waals surface area contributed by atoms with Crippen LogP contribution in [0.1, 0.15) is 73.1 Å². The number of ketones is 2. The Kier molecular flexibility index (Phi) is 8.85. The molecule has 0 bridgehead atoms. The first-order valence-electron chi connectivity index (χ1n) is 8.00. The van der Waals surface area contributed by atoms with Gasteiger partial charge in [0.1, 0.15) is 11.6 Å². The van der Waals surface area contributed by atoms with E-state index in [-0.39, 0.29) is 30.0 Å². The van der Waals surface area contributed by atoms with Gasteiger partial charge in [-0.2, -0.15) is 0 Å². The summed E-state index contributed by atoms with van der Waals surface area (Å²) in [5.74, 6) is 0.155. The second-order valence-electron chi connectivity index (χ2n) is 8.14. The van der Waals surface area contributed by atoms with E-state index in [0.29, 0.717) is 25.7 Å². The van der Waals surface area contributed by atoms with E-state index in [9.17, 15) is 14.2 Å². The molecule has 0 aromatic heterocycles. The van der Waals surface area contributed by atoms with Gasteiger partial charge in [-0.1, -0.05) is 34.6 Å². The summed E-state index contributed by atoms with van der Waals surface area (Å²) in [5, 5.41) is 0. The van der Waals surface area contributed by atoms with Crippen LogP contribution in [0.4, 0.5) is 0 Å². The van der Waals surface area contributed by atoms with Crippen LogP contribution >= 0.6 is 7.75 Å². The highest BCUT2D eigenvalue weighted by atomic mass is 31.2. The Labute approximate surface area is 139 Å². The van der Waals surface area contributed by atoms with Gasteiger partial charge in [0.05, 0.1) is 6.61 Å². The number of nitrogens with two attached hydrogens (primary N) is 1. The van der Waals surface area contributed by atoms with Gasteiger partial charge < -0.3 is 4.89 Å². The lowest BCUT2D eigenvalue weighted by atomic mass is 9.87. The molecule has 3 N–H and O–H groups in total. The van der Waals surface area contributed by atoms with E-state index in [4.69, 9.17) is 14.9 Å². The zero-order valence-corrected chi connectivity index (χ0v) is 15.9. The van der Waals surface area contributed by atoms with Crippen LogP contribution in [0.3, 0.4) is 0 Å². The predicted octanol–water partition coefficient (Wildman–Crippen LogP) is 3.61. The minimum Gasteiger partial charge on any atom is -0.313 e. The number of hydrogen-bond acceptors (Lipinski definition) is 4. The third-order valence-electron chi connectivity index (χ3n) is 3.56. The van der Waals surface area contributed by atoms with E-state index >= 15 is 0 Å². The van der Waals surface area contributed by atoms with Gasteiger partial charge in [-0.15, -0.1) is 0 Å². The minimum absolute atomic E-state index is 0.00900. The molecule has 0 aliphatic rings. The maximum absolute atomic E-state index is 11.9. The first-order chi connectivity index (χ1) is 10.2. The van der Waals surface area contributed by atoms with Gasteiger partial charge in [0.2, 0.25) is 0 Å². The topological polar surface area (TPSA) is 107 Å². The molecule has 0 radical (unpaired) electrons.